The van der Waals surface area contributed by atoms with Crippen molar-refractivity contribution in [1.82, 2.24) is 0 Å². The zero-order chi connectivity index (χ0) is 24.6. The Labute approximate surface area is 224 Å². The second kappa shape index (κ2) is 8.18. The summed E-state index contributed by atoms with van der Waals surface area (Å²) in [5.41, 5.74) is 3.03. The molecule has 3 nitrogen and oxygen atoms in total. The summed E-state index contributed by atoms with van der Waals surface area (Å²) in [4.78, 5) is 28.8. The predicted molar refractivity (Wildman–Crippen MR) is 147 cm³/mol. The molecule has 7 heteroatoms. The number of halogens is 1. The molecular formula is C28H14ClNO2SSe2. The first-order chi connectivity index (χ1) is 17.5. The molecule has 0 unspecified atom stereocenters. The van der Waals surface area contributed by atoms with E-state index < -0.39 is 0 Å². The fourth-order valence-electron chi connectivity index (χ4n) is 4.48. The molecule has 1 aliphatic heterocycles. The summed E-state index contributed by atoms with van der Waals surface area (Å²) in [5.74, 6) is -0.685. The third kappa shape index (κ3) is 3.45. The van der Waals surface area contributed by atoms with Gasteiger partial charge in [-0.1, -0.05) is 0 Å². The van der Waals surface area contributed by atoms with Crippen molar-refractivity contribution in [3.8, 4) is 0 Å². The number of hydrogen-bond acceptors (Lipinski definition) is 4. The van der Waals surface area contributed by atoms with Gasteiger partial charge in [-0.25, -0.2) is 0 Å². The van der Waals surface area contributed by atoms with Crippen LogP contribution in [0, 0.1) is 0 Å². The maximum atomic E-state index is 13.3. The second-order valence-corrected chi connectivity index (χ2v) is 14.1. The molecule has 3 aromatic carbocycles. The molecule has 0 atom stereocenters. The molecule has 2 aromatic heterocycles. The van der Waals surface area contributed by atoms with Gasteiger partial charge in [0.05, 0.1) is 0 Å². The number of nitrogens with zero attached hydrogens (tertiary/aromatic N) is 1. The molecule has 7 rings (SSSR count). The average molecular weight is 623 g/mol. The van der Waals surface area contributed by atoms with Crippen LogP contribution in [0.15, 0.2) is 83.7 Å². The van der Waals surface area contributed by atoms with Gasteiger partial charge in [-0.15, -0.1) is 0 Å². The Morgan fingerprint density at radius 3 is 2.57 bits per heavy atom. The van der Waals surface area contributed by atoms with E-state index in [1.807, 2.05) is 41.8 Å². The molecule has 168 valence electrons. The SMILES string of the molecule is [2H]/C(=C1/C(=O)c2cc3ccsc3cc2C1=O)c1ccc(N2c3ccccc3[Se]c3cc(Cl)ccc32)[se]1. The van der Waals surface area contributed by atoms with E-state index in [2.05, 4.69) is 29.2 Å². The van der Waals surface area contributed by atoms with Gasteiger partial charge >= 0.3 is 225 Å². The standard InChI is InChI=1S/C28H14ClNO2SSe2/c29-16-5-7-22-25(12-16)35-24-4-2-1-3-21(24)30(22)26-8-6-17(34-26)13-20-27(31)18-11-15-9-10-33-23(15)14-19(18)28(20)32/h1-14H/b20-13+/i13D. The molecular weight excluding hydrogens is 608 g/mol. The Kier molecular flexibility index (Phi) is 4.79. The second-order valence-electron chi connectivity index (χ2n) is 8.17. The topological polar surface area (TPSA) is 37.4 Å². The maximum absolute atomic E-state index is 13.3. The number of para-hydroxylation sites is 1. The minimum atomic E-state index is -0.343. The molecule has 0 bridgehead atoms. The predicted octanol–water partition coefficient (Wildman–Crippen LogP) is 5.51. The molecule has 0 amide bonds. The van der Waals surface area contributed by atoms with Crippen LogP contribution in [0.5, 0.6) is 0 Å². The first kappa shape index (κ1) is 20.5. The molecule has 1 aliphatic carbocycles. The summed E-state index contributed by atoms with van der Waals surface area (Å²) < 4.78 is 14.1. The van der Waals surface area contributed by atoms with Crippen molar-refractivity contribution in [2.75, 3.05) is 4.90 Å². The van der Waals surface area contributed by atoms with E-state index in [0.717, 1.165) is 35.5 Å². The van der Waals surface area contributed by atoms with Crippen LogP contribution in [0.4, 0.5) is 15.9 Å². The molecule has 0 spiro atoms. The number of Topliss-reactive ketones (excluding diaryl/α,β-unsaturated/α-hetero) is 2. The van der Waals surface area contributed by atoms with Crippen LogP contribution >= 0.6 is 22.9 Å². The monoisotopic (exact) mass is 624 g/mol. The van der Waals surface area contributed by atoms with Crippen molar-refractivity contribution in [2.45, 2.75) is 0 Å². The first-order valence-electron chi connectivity index (χ1n) is 11.3. The number of rotatable bonds is 2. The molecule has 3 heterocycles. The summed E-state index contributed by atoms with van der Waals surface area (Å²) in [5, 5.41) is 3.62. The van der Waals surface area contributed by atoms with Gasteiger partial charge in [-0.2, -0.15) is 0 Å². The molecule has 0 N–H and O–H groups in total. The van der Waals surface area contributed by atoms with Gasteiger partial charge in [0.25, 0.3) is 0 Å². The summed E-state index contributed by atoms with van der Waals surface area (Å²) in [6, 6.07) is 23.8. The van der Waals surface area contributed by atoms with E-state index >= 15 is 0 Å². The van der Waals surface area contributed by atoms with E-state index in [9.17, 15) is 9.59 Å². The van der Waals surface area contributed by atoms with Crippen molar-refractivity contribution in [3.63, 3.8) is 0 Å². The minimum absolute atomic E-state index is 0.0139. The summed E-state index contributed by atoms with van der Waals surface area (Å²) >= 11 is 7.74. The van der Waals surface area contributed by atoms with E-state index in [0.29, 0.717) is 11.1 Å². The number of carbonyl (C=O) groups excluding carboxylic acids is 2. The van der Waals surface area contributed by atoms with Gasteiger partial charge < -0.3 is 0 Å². The fraction of sp³-hybridized carbons (Fsp3) is 0. The molecule has 0 radical (unpaired) electrons. The van der Waals surface area contributed by atoms with Crippen molar-refractivity contribution in [2.24, 2.45) is 0 Å². The normalized spacial score (nSPS) is 16.3. The number of ketones is 2. The molecule has 0 fully saturated rings. The van der Waals surface area contributed by atoms with Gasteiger partial charge in [0.15, 0.2) is 0 Å². The molecule has 5 aromatic rings. The van der Waals surface area contributed by atoms with E-state index in [4.69, 9.17) is 13.0 Å². The number of hydrogen-bond donors (Lipinski definition) is 0. The Morgan fingerprint density at radius 2 is 1.69 bits per heavy atom. The Morgan fingerprint density at radius 1 is 0.886 bits per heavy atom. The van der Waals surface area contributed by atoms with Crippen molar-refractivity contribution >= 4 is 105 Å². The van der Waals surface area contributed by atoms with Gasteiger partial charge in [0.1, 0.15) is 0 Å². The number of benzene rings is 3. The number of fused-ring (bicyclic) bond motifs is 4. The molecule has 35 heavy (non-hydrogen) atoms. The molecule has 2 aliphatic rings. The van der Waals surface area contributed by atoms with Crippen LogP contribution in [0.3, 0.4) is 0 Å². The zero-order valence-electron chi connectivity index (χ0n) is 18.9. The van der Waals surface area contributed by atoms with Gasteiger partial charge in [0.2, 0.25) is 0 Å². The molecule has 0 saturated carbocycles. The number of thiophene rings is 1. The number of carbonyl (C=O) groups is 2. The molecule has 0 saturated heterocycles. The fourth-order valence-corrected chi connectivity index (χ4v) is 9.88. The van der Waals surface area contributed by atoms with Gasteiger partial charge in [-0.3, -0.25) is 0 Å². The van der Waals surface area contributed by atoms with E-state index in [1.54, 1.807) is 23.5 Å². The summed E-state index contributed by atoms with van der Waals surface area (Å²) in [7, 11) is 0. The van der Waals surface area contributed by atoms with Crippen molar-refractivity contribution in [1.29, 1.82) is 0 Å². The van der Waals surface area contributed by atoms with E-state index in [-0.39, 0.29) is 52.7 Å². The van der Waals surface area contributed by atoms with E-state index in [1.165, 1.54) is 8.92 Å². The average Bonchev–Trinajstić information content (AvgIpc) is 3.60. The van der Waals surface area contributed by atoms with Gasteiger partial charge in [-0.05, 0) is 0 Å². The van der Waals surface area contributed by atoms with Crippen LogP contribution in [0.25, 0.3) is 16.1 Å². The third-order valence-corrected chi connectivity index (χ3v) is 11.6. The van der Waals surface area contributed by atoms with Gasteiger partial charge in [0, 0.05) is 0 Å². The quantitative estimate of drug-likeness (QED) is 0.145. The van der Waals surface area contributed by atoms with Crippen LogP contribution in [-0.4, -0.2) is 41.0 Å². The Balaban J connectivity index is 1.33. The van der Waals surface area contributed by atoms with Crippen molar-refractivity contribution in [3.05, 3.63) is 104 Å². The Bertz CT molecular complexity index is 1750. The van der Waals surface area contributed by atoms with Crippen LogP contribution in [-0.2, 0) is 0 Å². The first-order valence-corrected chi connectivity index (χ1v) is 15.5. The zero-order valence-corrected chi connectivity index (χ0v) is 22.9. The number of allylic oxidation sites excluding steroid dienone is 1. The van der Waals surface area contributed by atoms with Crippen molar-refractivity contribution < 1.29 is 11.0 Å². The summed E-state index contributed by atoms with van der Waals surface area (Å²) in [6.07, 6.45) is 0. The van der Waals surface area contributed by atoms with Crippen LogP contribution in [0.2, 0.25) is 5.02 Å². The third-order valence-electron chi connectivity index (χ3n) is 6.09. The van der Waals surface area contributed by atoms with Crippen LogP contribution in [0.1, 0.15) is 26.5 Å². The Hall–Kier alpha value is -2.69. The number of anilines is 3. The van der Waals surface area contributed by atoms with Crippen LogP contribution < -0.4 is 13.8 Å². The summed E-state index contributed by atoms with van der Waals surface area (Å²) in [6.45, 7) is 0.